The second kappa shape index (κ2) is 8.75. The minimum Gasteiger partial charge on any atom is -0.444 e. The first-order valence-corrected chi connectivity index (χ1v) is 10.5. The number of anilines is 2. The van der Waals surface area contributed by atoms with Crippen LogP contribution >= 0.6 is 0 Å². The molecule has 0 aromatic carbocycles. The Morgan fingerprint density at radius 1 is 1.17 bits per heavy atom. The number of carbonyl (C=O) groups is 1. The van der Waals surface area contributed by atoms with Crippen LogP contribution in [0.2, 0.25) is 0 Å². The minimum absolute atomic E-state index is 0.236. The number of carbonyl (C=O) groups excluding carboxylic acids is 1. The quantitative estimate of drug-likeness (QED) is 0.790. The number of pyridine rings is 1. The normalized spacial score (nSPS) is 20.6. The third-order valence-electron chi connectivity index (χ3n) is 5.75. The Morgan fingerprint density at radius 3 is 2.38 bits per heavy atom. The van der Waals surface area contributed by atoms with Crippen molar-refractivity contribution < 1.29 is 14.6 Å². The number of nitrogens with zero attached hydrogens (tertiary/aromatic N) is 4. The molecule has 2 aliphatic heterocycles. The molecule has 0 radical (unpaired) electrons. The number of piperazine rings is 1. The number of hydrogen-bond donors (Lipinski definition) is 2. The number of ether oxygens (including phenoxy) is 1. The molecular formula is C21H35N5O3. The van der Waals surface area contributed by atoms with Crippen LogP contribution in [-0.4, -0.2) is 83.0 Å². The van der Waals surface area contributed by atoms with Crippen molar-refractivity contribution in [3.05, 3.63) is 18.3 Å². The van der Waals surface area contributed by atoms with E-state index >= 15 is 0 Å². The maximum absolute atomic E-state index is 12.2. The molecule has 0 unspecified atom stereocenters. The van der Waals surface area contributed by atoms with E-state index in [0.29, 0.717) is 18.9 Å². The number of piperidine rings is 1. The first-order valence-electron chi connectivity index (χ1n) is 10.5. The molecule has 2 saturated heterocycles. The predicted molar refractivity (Wildman–Crippen MR) is 114 cm³/mol. The molecule has 1 aromatic rings. The highest BCUT2D eigenvalue weighted by Gasteiger charge is 2.33. The number of aromatic nitrogens is 1. The summed E-state index contributed by atoms with van der Waals surface area (Å²) in [6.07, 6.45) is 3.81. The molecule has 0 aliphatic carbocycles. The highest BCUT2D eigenvalue weighted by Crippen LogP contribution is 2.29. The lowest BCUT2D eigenvalue weighted by molar-refractivity contribution is -0.00938. The summed E-state index contributed by atoms with van der Waals surface area (Å²) in [5.41, 5.74) is 5.63. The summed E-state index contributed by atoms with van der Waals surface area (Å²) in [6, 6.07) is 3.80. The number of nitrogens with two attached hydrogens (primary N) is 1. The van der Waals surface area contributed by atoms with Gasteiger partial charge in [-0.2, -0.15) is 0 Å². The minimum atomic E-state index is -0.625. The molecule has 8 heteroatoms. The van der Waals surface area contributed by atoms with Crippen molar-refractivity contribution >= 4 is 17.6 Å². The number of aliphatic hydroxyl groups is 1. The maximum Gasteiger partial charge on any atom is 0.410 e. The molecule has 8 nitrogen and oxygen atoms in total. The fraction of sp³-hybridized carbons (Fsp3) is 0.714. The van der Waals surface area contributed by atoms with Gasteiger partial charge >= 0.3 is 6.09 Å². The van der Waals surface area contributed by atoms with Gasteiger partial charge in [0, 0.05) is 45.8 Å². The standard InChI is InChI=1S/C21H35N5O3/c1-20(2,3)29-19(27)26-14-12-24(13-15-26)9-6-21(28)7-10-25(11-8-21)17-4-5-18(22)23-16-17/h4-5,16,28H,6-15H2,1-3H3,(H2,22,23). The molecule has 1 aromatic heterocycles. The van der Waals surface area contributed by atoms with E-state index < -0.39 is 11.2 Å². The Kier molecular flexibility index (Phi) is 6.53. The molecule has 3 rings (SSSR count). The molecule has 29 heavy (non-hydrogen) atoms. The predicted octanol–water partition coefficient (Wildman–Crippen LogP) is 1.94. The van der Waals surface area contributed by atoms with Crippen molar-refractivity contribution in [2.45, 2.75) is 51.2 Å². The van der Waals surface area contributed by atoms with Gasteiger partial charge in [-0.15, -0.1) is 0 Å². The molecule has 2 fully saturated rings. The van der Waals surface area contributed by atoms with Crippen LogP contribution in [0, 0.1) is 0 Å². The summed E-state index contributed by atoms with van der Waals surface area (Å²) < 4.78 is 5.45. The van der Waals surface area contributed by atoms with Crippen molar-refractivity contribution in [3.8, 4) is 0 Å². The third-order valence-corrected chi connectivity index (χ3v) is 5.75. The zero-order valence-electron chi connectivity index (χ0n) is 17.9. The van der Waals surface area contributed by atoms with E-state index in [0.717, 1.165) is 57.7 Å². The van der Waals surface area contributed by atoms with Gasteiger partial charge in [-0.25, -0.2) is 9.78 Å². The van der Waals surface area contributed by atoms with Gasteiger partial charge in [-0.3, -0.25) is 4.90 Å². The lowest BCUT2D eigenvalue weighted by Gasteiger charge is -2.41. The number of hydrogen-bond acceptors (Lipinski definition) is 7. The lowest BCUT2D eigenvalue weighted by atomic mass is 9.87. The van der Waals surface area contributed by atoms with E-state index in [2.05, 4.69) is 14.8 Å². The zero-order valence-corrected chi connectivity index (χ0v) is 17.9. The van der Waals surface area contributed by atoms with Crippen molar-refractivity contribution in [1.29, 1.82) is 0 Å². The fourth-order valence-electron chi connectivity index (χ4n) is 3.86. The summed E-state index contributed by atoms with van der Waals surface area (Å²) in [5.74, 6) is 0.522. The molecule has 3 heterocycles. The van der Waals surface area contributed by atoms with Crippen molar-refractivity contribution in [2.24, 2.45) is 0 Å². The van der Waals surface area contributed by atoms with Crippen LogP contribution in [0.25, 0.3) is 0 Å². The Hall–Kier alpha value is -2.06. The van der Waals surface area contributed by atoms with Gasteiger partial charge in [-0.05, 0) is 52.2 Å². The second-order valence-corrected chi connectivity index (χ2v) is 9.21. The van der Waals surface area contributed by atoms with E-state index in [1.54, 1.807) is 11.1 Å². The van der Waals surface area contributed by atoms with Gasteiger partial charge in [0.05, 0.1) is 17.5 Å². The van der Waals surface area contributed by atoms with E-state index in [9.17, 15) is 9.90 Å². The topological polar surface area (TPSA) is 95.2 Å². The van der Waals surface area contributed by atoms with Crippen molar-refractivity contribution in [3.63, 3.8) is 0 Å². The molecule has 0 bridgehead atoms. The molecule has 3 N–H and O–H groups in total. The average Bonchev–Trinajstić information content (AvgIpc) is 2.67. The van der Waals surface area contributed by atoms with Crippen LogP contribution < -0.4 is 10.6 Å². The maximum atomic E-state index is 12.2. The van der Waals surface area contributed by atoms with Crippen LogP contribution in [0.1, 0.15) is 40.0 Å². The van der Waals surface area contributed by atoms with Gasteiger partial charge in [0.1, 0.15) is 11.4 Å². The Bertz CT molecular complexity index is 673. The average molecular weight is 406 g/mol. The Morgan fingerprint density at radius 2 is 1.83 bits per heavy atom. The largest absolute Gasteiger partial charge is 0.444 e. The SMILES string of the molecule is CC(C)(C)OC(=O)N1CCN(CCC2(O)CCN(c3ccc(N)nc3)CC2)CC1. The van der Waals surface area contributed by atoms with Gasteiger partial charge in [0.25, 0.3) is 0 Å². The van der Waals surface area contributed by atoms with Crippen molar-refractivity contribution in [1.82, 2.24) is 14.8 Å². The van der Waals surface area contributed by atoms with E-state index in [1.165, 1.54) is 0 Å². The second-order valence-electron chi connectivity index (χ2n) is 9.21. The van der Waals surface area contributed by atoms with E-state index in [4.69, 9.17) is 10.5 Å². The molecule has 162 valence electrons. The zero-order chi connectivity index (χ0) is 21.1. The van der Waals surface area contributed by atoms with E-state index in [1.807, 2.05) is 32.9 Å². The van der Waals surface area contributed by atoms with Gasteiger partial charge < -0.3 is 25.4 Å². The summed E-state index contributed by atoms with van der Waals surface area (Å²) >= 11 is 0. The summed E-state index contributed by atoms with van der Waals surface area (Å²) in [4.78, 5) is 22.7. The number of rotatable bonds is 4. The summed E-state index contributed by atoms with van der Waals surface area (Å²) in [7, 11) is 0. The van der Waals surface area contributed by atoms with Crippen LogP contribution in [0.4, 0.5) is 16.3 Å². The first-order chi connectivity index (χ1) is 13.6. The molecule has 0 saturated carbocycles. The van der Waals surface area contributed by atoms with Gasteiger partial charge in [0.2, 0.25) is 0 Å². The molecule has 0 spiro atoms. The Balaban J connectivity index is 1.40. The van der Waals surface area contributed by atoms with Crippen LogP contribution in [0.15, 0.2) is 18.3 Å². The Labute approximate surface area is 173 Å². The third kappa shape index (κ3) is 6.21. The van der Waals surface area contributed by atoms with Crippen LogP contribution in [-0.2, 0) is 4.74 Å². The highest BCUT2D eigenvalue weighted by atomic mass is 16.6. The first kappa shape index (κ1) is 21.6. The summed E-state index contributed by atoms with van der Waals surface area (Å²) in [5, 5.41) is 11.0. The monoisotopic (exact) mass is 405 g/mol. The van der Waals surface area contributed by atoms with Gasteiger partial charge in [-0.1, -0.05) is 0 Å². The smallest absolute Gasteiger partial charge is 0.410 e. The number of nitrogen functional groups attached to an aromatic ring is 1. The highest BCUT2D eigenvalue weighted by molar-refractivity contribution is 5.68. The number of amides is 1. The lowest BCUT2D eigenvalue weighted by Crippen LogP contribution is -2.51. The fourth-order valence-corrected chi connectivity index (χ4v) is 3.86. The van der Waals surface area contributed by atoms with Crippen molar-refractivity contribution in [2.75, 3.05) is 56.4 Å². The molecule has 0 atom stereocenters. The molecule has 2 aliphatic rings. The van der Waals surface area contributed by atoms with Gasteiger partial charge in [0.15, 0.2) is 0 Å². The molecule has 1 amide bonds. The molecular weight excluding hydrogens is 370 g/mol. The summed E-state index contributed by atoms with van der Waals surface area (Å²) in [6.45, 7) is 11.1. The van der Waals surface area contributed by atoms with E-state index in [-0.39, 0.29) is 6.09 Å². The van der Waals surface area contributed by atoms with Crippen LogP contribution in [0.5, 0.6) is 0 Å². The van der Waals surface area contributed by atoms with Crippen LogP contribution in [0.3, 0.4) is 0 Å².